The summed E-state index contributed by atoms with van der Waals surface area (Å²) in [7, 11) is 1.96. The lowest BCUT2D eigenvalue weighted by molar-refractivity contribution is 0.152. The van der Waals surface area contributed by atoms with Crippen molar-refractivity contribution in [1.29, 1.82) is 0 Å². The maximum atomic E-state index is 13.2. The van der Waals surface area contributed by atoms with Gasteiger partial charge in [0.1, 0.15) is 5.82 Å². The molecule has 138 valence electrons. The van der Waals surface area contributed by atoms with Gasteiger partial charge in [-0.15, -0.1) is 24.0 Å². The molecule has 1 aromatic carbocycles. The zero-order valence-corrected chi connectivity index (χ0v) is 17.2. The second-order valence-corrected chi connectivity index (χ2v) is 5.14. The van der Waals surface area contributed by atoms with Crippen LogP contribution in [0.15, 0.2) is 29.3 Å². The summed E-state index contributed by atoms with van der Waals surface area (Å²) in [5, 5.41) is 6.44. The quantitative estimate of drug-likeness (QED) is 0.248. The van der Waals surface area contributed by atoms with Crippen LogP contribution in [0.1, 0.15) is 20.3 Å². The van der Waals surface area contributed by atoms with E-state index in [0.29, 0.717) is 13.2 Å². The van der Waals surface area contributed by atoms with Gasteiger partial charge in [-0.2, -0.15) is 0 Å². The number of guanidine groups is 1. The van der Waals surface area contributed by atoms with Gasteiger partial charge in [0.15, 0.2) is 5.96 Å². The van der Waals surface area contributed by atoms with Crippen LogP contribution in [-0.2, 0) is 4.74 Å². The SMILES string of the molecule is CCNC(=NCCCN(C)c1cccc(F)c1)NCCOCC.I. The highest BCUT2D eigenvalue weighted by atomic mass is 127. The van der Waals surface area contributed by atoms with Gasteiger partial charge < -0.3 is 20.3 Å². The van der Waals surface area contributed by atoms with Crippen LogP contribution in [0.4, 0.5) is 10.1 Å². The molecule has 0 saturated heterocycles. The minimum atomic E-state index is -0.208. The van der Waals surface area contributed by atoms with Gasteiger partial charge in [0, 0.05) is 45.5 Å². The number of nitrogens with zero attached hydrogens (tertiary/aromatic N) is 2. The van der Waals surface area contributed by atoms with E-state index < -0.39 is 0 Å². The molecular formula is C17H30FIN4O. The third kappa shape index (κ3) is 9.92. The summed E-state index contributed by atoms with van der Waals surface area (Å²) in [4.78, 5) is 6.57. The Bertz CT molecular complexity index is 474. The van der Waals surface area contributed by atoms with E-state index in [1.165, 1.54) is 6.07 Å². The van der Waals surface area contributed by atoms with Gasteiger partial charge in [-0.05, 0) is 38.5 Å². The highest BCUT2D eigenvalue weighted by Gasteiger charge is 2.02. The lowest BCUT2D eigenvalue weighted by atomic mass is 10.2. The summed E-state index contributed by atoms with van der Waals surface area (Å²) in [5.74, 6) is 0.598. The first-order chi connectivity index (χ1) is 11.2. The molecule has 24 heavy (non-hydrogen) atoms. The van der Waals surface area contributed by atoms with Crippen LogP contribution < -0.4 is 15.5 Å². The highest BCUT2D eigenvalue weighted by Crippen LogP contribution is 2.13. The van der Waals surface area contributed by atoms with Gasteiger partial charge in [0.2, 0.25) is 0 Å². The van der Waals surface area contributed by atoms with Crippen molar-refractivity contribution in [2.24, 2.45) is 4.99 Å². The Morgan fingerprint density at radius 2 is 2.08 bits per heavy atom. The van der Waals surface area contributed by atoms with Crippen LogP contribution in [0.3, 0.4) is 0 Å². The minimum absolute atomic E-state index is 0. The molecule has 0 aliphatic carbocycles. The van der Waals surface area contributed by atoms with Gasteiger partial charge in [0.05, 0.1) is 6.61 Å². The molecule has 0 unspecified atom stereocenters. The Balaban J connectivity index is 0.00000529. The zero-order valence-electron chi connectivity index (χ0n) is 14.8. The van der Waals surface area contributed by atoms with E-state index in [9.17, 15) is 4.39 Å². The van der Waals surface area contributed by atoms with Gasteiger partial charge in [0.25, 0.3) is 0 Å². The number of hydrogen-bond acceptors (Lipinski definition) is 3. The van der Waals surface area contributed by atoms with E-state index in [1.807, 2.05) is 31.9 Å². The number of anilines is 1. The average Bonchev–Trinajstić information content (AvgIpc) is 2.55. The molecule has 1 aromatic rings. The van der Waals surface area contributed by atoms with E-state index >= 15 is 0 Å². The second-order valence-electron chi connectivity index (χ2n) is 5.14. The lowest BCUT2D eigenvalue weighted by Gasteiger charge is -2.19. The predicted octanol–water partition coefficient (Wildman–Crippen LogP) is 2.86. The average molecular weight is 452 g/mol. The molecule has 0 aliphatic heterocycles. The van der Waals surface area contributed by atoms with Gasteiger partial charge >= 0.3 is 0 Å². The smallest absolute Gasteiger partial charge is 0.191 e. The number of ether oxygens (including phenoxy) is 1. The summed E-state index contributed by atoms with van der Waals surface area (Å²) >= 11 is 0. The Morgan fingerprint density at radius 1 is 1.29 bits per heavy atom. The molecule has 0 saturated carbocycles. The van der Waals surface area contributed by atoms with Crippen molar-refractivity contribution in [2.75, 3.05) is 51.3 Å². The standard InChI is InChI=1S/C17H29FN4O.HI/c1-4-19-17(21-11-13-23-5-2)20-10-7-12-22(3)16-9-6-8-15(18)14-16;/h6,8-9,14H,4-5,7,10-13H2,1-3H3,(H2,19,20,21);1H. The zero-order chi connectivity index (χ0) is 16.9. The summed E-state index contributed by atoms with van der Waals surface area (Å²) in [6, 6.07) is 6.64. The van der Waals surface area contributed by atoms with E-state index in [-0.39, 0.29) is 29.8 Å². The molecule has 2 N–H and O–H groups in total. The first-order valence-electron chi connectivity index (χ1n) is 8.24. The summed E-state index contributed by atoms with van der Waals surface area (Å²) in [5.41, 5.74) is 0.885. The summed E-state index contributed by atoms with van der Waals surface area (Å²) < 4.78 is 18.5. The van der Waals surface area contributed by atoms with Crippen molar-refractivity contribution >= 4 is 35.6 Å². The molecule has 5 nitrogen and oxygen atoms in total. The number of nitrogens with one attached hydrogen (secondary N) is 2. The molecule has 0 spiro atoms. The first-order valence-corrected chi connectivity index (χ1v) is 8.24. The van der Waals surface area contributed by atoms with Crippen LogP contribution in [0.25, 0.3) is 0 Å². The molecule has 1 rings (SSSR count). The molecule has 7 heteroatoms. The summed E-state index contributed by atoms with van der Waals surface area (Å²) in [6.07, 6.45) is 0.898. The van der Waals surface area contributed by atoms with Crippen LogP contribution >= 0.6 is 24.0 Å². The minimum Gasteiger partial charge on any atom is -0.380 e. The van der Waals surface area contributed by atoms with Crippen molar-refractivity contribution in [3.05, 3.63) is 30.1 Å². The van der Waals surface area contributed by atoms with Crippen molar-refractivity contribution in [3.8, 4) is 0 Å². The molecule has 0 fully saturated rings. The molecule has 0 radical (unpaired) electrons. The molecule has 0 aliphatic rings. The first kappa shape index (κ1) is 22.9. The normalized spacial score (nSPS) is 10.9. The largest absolute Gasteiger partial charge is 0.380 e. The van der Waals surface area contributed by atoms with Gasteiger partial charge in [-0.3, -0.25) is 4.99 Å². The molecule has 0 aromatic heterocycles. The second kappa shape index (κ2) is 14.3. The Kier molecular flexibility index (Phi) is 13.6. The topological polar surface area (TPSA) is 48.9 Å². The fourth-order valence-corrected chi connectivity index (χ4v) is 2.07. The van der Waals surface area contributed by atoms with Crippen LogP contribution in [0.5, 0.6) is 0 Å². The maximum absolute atomic E-state index is 13.2. The lowest BCUT2D eigenvalue weighted by Crippen LogP contribution is -2.39. The monoisotopic (exact) mass is 452 g/mol. The Morgan fingerprint density at radius 3 is 2.75 bits per heavy atom. The molecule has 0 amide bonds. The van der Waals surface area contributed by atoms with Crippen molar-refractivity contribution in [1.82, 2.24) is 10.6 Å². The highest BCUT2D eigenvalue weighted by molar-refractivity contribution is 14.0. The van der Waals surface area contributed by atoms with Gasteiger partial charge in [-0.25, -0.2) is 4.39 Å². The summed E-state index contributed by atoms with van der Waals surface area (Å²) in [6.45, 7) is 8.51. The van der Waals surface area contributed by atoms with Gasteiger partial charge in [-0.1, -0.05) is 6.07 Å². The third-order valence-corrected chi connectivity index (χ3v) is 3.26. The van der Waals surface area contributed by atoms with Crippen molar-refractivity contribution < 1.29 is 9.13 Å². The van der Waals surface area contributed by atoms with E-state index in [2.05, 4.69) is 15.6 Å². The third-order valence-electron chi connectivity index (χ3n) is 3.26. The molecule has 0 atom stereocenters. The van der Waals surface area contributed by atoms with Crippen molar-refractivity contribution in [2.45, 2.75) is 20.3 Å². The van der Waals surface area contributed by atoms with Crippen LogP contribution in [0, 0.1) is 5.82 Å². The van der Waals surface area contributed by atoms with Crippen molar-refractivity contribution in [3.63, 3.8) is 0 Å². The Labute approximate surface area is 162 Å². The van der Waals surface area contributed by atoms with E-state index in [1.54, 1.807) is 12.1 Å². The fraction of sp³-hybridized carbons (Fsp3) is 0.588. The van der Waals surface area contributed by atoms with E-state index in [0.717, 1.165) is 44.3 Å². The number of benzene rings is 1. The number of rotatable bonds is 10. The molecular weight excluding hydrogens is 422 g/mol. The Hall–Kier alpha value is -1.09. The molecule has 0 bridgehead atoms. The molecule has 0 heterocycles. The number of halogens is 2. The number of aliphatic imine (C=N–C) groups is 1. The maximum Gasteiger partial charge on any atom is 0.191 e. The van der Waals surface area contributed by atoms with Crippen LogP contribution in [-0.4, -0.2) is 52.4 Å². The fourth-order valence-electron chi connectivity index (χ4n) is 2.07. The van der Waals surface area contributed by atoms with Crippen LogP contribution in [0.2, 0.25) is 0 Å². The number of hydrogen-bond donors (Lipinski definition) is 2. The predicted molar refractivity (Wildman–Crippen MR) is 110 cm³/mol. The van der Waals surface area contributed by atoms with E-state index in [4.69, 9.17) is 4.74 Å².